The van der Waals surface area contributed by atoms with Gasteiger partial charge < -0.3 is 27.0 Å². The molecule has 0 atom stereocenters. The first-order valence-electron chi connectivity index (χ1n) is 7.64. The van der Waals surface area contributed by atoms with Crippen LogP contribution in [0.5, 0.6) is 0 Å². The molecule has 1 rings (SSSR count). The molecule has 1 heterocycles. The predicted octanol–water partition coefficient (Wildman–Crippen LogP) is -2.46. The molecule has 7 nitrogen and oxygen atoms in total. The third kappa shape index (κ3) is 9.22. The van der Waals surface area contributed by atoms with E-state index in [4.69, 9.17) is 5.73 Å². The second-order valence-corrected chi connectivity index (χ2v) is 5.02. The van der Waals surface area contributed by atoms with Crippen molar-refractivity contribution in [1.82, 2.24) is 26.2 Å². The van der Waals surface area contributed by atoms with Crippen molar-refractivity contribution in [3.05, 3.63) is 0 Å². The minimum atomic E-state index is 0.0900. The fourth-order valence-corrected chi connectivity index (χ4v) is 2.06. The van der Waals surface area contributed by atoms with Crippen LogP contribution in [0.2, 0.25) is 0 Å². The van der Waals surface area contributed by atoms with Crippen molar-refractivity contribution in [2.24, 2.45) is 5.73 Å². The van der Waals surface area contributed by atoms with E-state index in [0.29, 0.717) is 19.6 Å². The molecular formula is C13H30N6O. The largest absolute Gasteiger partial charge is 0.355 e. The molecule has 0 radical (unpaired) electrons. The Hall–Kier alpha value is -0.730. The molecule has 1 saturated heterocycles. The third-order valence-corrected chi connectivity index (χ3v) is 3.24. The lowest BCUT2D eigenvalue weighted by Gasteiger charge is -2.23. The molecule has 0 aromatic rings. The summed E-state index contributed by atoms with van der Waals surface area (Å²) >= 11 is 0. The molecule has 0 spiro atoms. The summed E-state index contributed by atoms with van der Waals surface area (Å²) in [4.78, 5) is 14.0. The minimum Gasteiger partial charge on any atom is -0.355 e. The highest BCUT2D eigenvalue weighted by Crippen LogP contribution is 1.88. The molecule has 118 valence electrons. The Labute approximate surface area is 122 Å². The Balaban J connectivity index is 2.25. The average molecular weight is 286 g/mol. The van der Waals surface area contributed by atoms with Crippen LogP contribution in [0.4, 0.5) is 0 Å². The number of nitrogens with two attached hydrogens (primary N) is 1. The van der Waals surface area contributed by atoms with E-state index in [2.05, 4.69) is 26.2 Å². The van der Waals surface area contributed by atoms with Crippen LogP contribution in [0.15, 0.2) is 0 Å². The Kier molecular flexibility index (Phi) is 10.4. The van der Waals surface area contributed by atoms with E-state index >= 15 is 0 Å². The number of carbonyl (C=O) groups excluding carboxylic acids is 1. The molecule has 1 aliphatic heterocycles. The molecule has 0 saturated carbocycles. The minimum absolute atomic E-state index is 0.0900. The lowest BCUT2D eigenvalue weighted by Crippen LogP contribution is -2.45. The maximum atomic E-state index is 11.8. The van der Waals surface area contributed by atoms with Crippen molar-refractivity contribution >= 4 is 5.91 Å². The van der Waals surface area contributed by atoms with Gasteiger partial charge >= 0.3 is 0 Å². The van der Waals surface area contributed by atoms with Gasteiger partial charge in [-0.05, 0) is 13.0 Å². The highest BCUT2D eigenvalue weighted by molar-refractivity contribution is 5.77. The SMILES string of the molecule is NCCCNC(=O)CN1CCNCCNCCNCC1. The summed E-state index contributed by atoms with van der Waals surface area (Å²) in [6.45, 7) is 9.28. The second kappa shape index (κ2) is 12.0. The van der Waals surface area contributed by atoms with Crippen molar-refractivity contribution in [1.29, 1.82) is 0 Å². The molecule has 1 aliphatic rings. The third-order valence-electron chi connectivity index (χ3n) is 3.24. The fourth-order valence-electron chi connectivity index (χ4n) is 2.06. The zero-order valence-corrected chi connectivity index (χ0v) is 12.4. The molecule has 0 aromatic heterocycles. The number of amides is 1. The van der Waals surface area contributed by atoms with Crippen LogP contribution in [0.1, 0.15) is 6.42 Å². The maximum absolute atomic E-state index is 11.8. The number of carbonyl (C=O) groups is 1. The van der Waals surface area contributed by atoms with E-state index in [1.165, 1.54) is 0 Å². The van der Waals surface area contributed by atoms with Gasteiger partial charge in [-0.25, -0.2) is 0 Å². The van der Waals surface area contributed by atoms with Gasteiger partial charge in [-0.2, -0.15) is 0 Å². The van der Waals surface area contributed by atoms with Crippen molar-refractivity contribution in [3.8, 4) is 0 Å². The fraction of sp³-hybridized carbons (Fsp3) is 0.923. The first-order chi connectivity index (χ1) is 9.83. The Morgan fingerprint density at radius 1 is 1.00 bits per heavy atom. The van der Waals surface area contributed by atoms with Crippen LogP contribution in [0.25, 0.3) is 0 Å². The number of nitrogens with zero attached hydrogens (tertiary/aromatic N) is 1. The maximum Gasteiger partial charge on any atom is 0.234 e. The van der Waals surface area contributed by atoms with Crippen molar-refractivity contribution in [2.45, 2.75) is 6.42 Å². The highest BCUT2D eigenvalue weighted by Gasteiger charge is 2.10. The zero-order valence-electron chi connectivity index (χ0n) is 12.4. The molecular weight excluding hydrogens is 256 g/mol. The van der Waals surface area contributed by atoms with Gasteiger partial charge in [0.15, 0.2) is 0 Å². The summed E-state index contributed by atoms with van der Waals surface area (Å²) < 4.78 is 0. The lowest BCUT2D eigenvalue weighted by atomic mass is 10.3. The molecule has 1 amide bonds. The van der Waals surface area contributed by atoms with Crippen LogP contribution < -0.4 is 27.0 Å². The van der Waals surface area contributed by atoms with Gasteiger partial charge in [0, 0.05) is 58.9 Å². The van der Waals surface area contributed by atoms with E-state index in [9.17, 15) is 4.79 Å². The number of hydrogen-bond donors (Lipinski definition) is 5. The summed E-state index contributed by atoms with van der Waals surface area (Å²) in [7, 11) is 0. The molecule has 7 heteroatoms. The van der Waals surface area contributed by atoms with Gasteiger partial charge in [0.05, 0.1) is 6.54 Å². The van der Waals surface area contributed by atoms with E-state index in [0.717, 1.165) is 58.8 Å². The van der Waals surface area contributed by atoms with Crippen LogP contribution >= 0.6 is 0 Å². The topological polar surface area (TPSA) is 94.5 Å². The van der Waals surface area contributed by atoms with Crippen LogP contribution in [0.3, 0.4) is 0 Å². The average Bonchev–Trinajstić information content (AvgIpc) is 2.42. The number of rotatable bonds is 5. The van der Waals surface area contributed by atoms with Gasteiger partial charge in [0.25, 0.3) is 0 Å². The van der Waals surface area contributed by atoms with Gasteiger partial charge in [-0.15, -0.1) is 0 Å². The van der Waals surface area contributed by atoms with Crippen molar-refractivity contribution < 1.29 is 4.79 Å². The van der Waals surface area contributed by atoms with E-state index in [-0.39, 0.29) is 5.91 Å². The summed E-state index contributed by atoms with van der Waals surface area (Å²) in [6.07, 6.45) is 0.835. The van der Waals surface area contributed by atoms with E-state index in [1.54, 1.807) is 0 Å². The molecule has 0 unspecified atom stereocenters. The smallest absolute Gasteiger partial charge is 0.234 e. The molecule has 6 N–H and O–H groups in total. The normalized spacial score (nSPS) is 19.9. The van der Waals surface area contributed by atoms with Crippen LogP contribution in [-0.2, 0) is 4.79 Å². The van der Waals surface area contributed by atoms with Crippen LogP contribution in [0, 0.1) is 0 Å². The molecule has 20 heavy (non-hydrogen) atoms. The Bertz CT molecular complexity index is 239. The van der Waals surface area contributed by atoms with Gasteiger partial charge in [0.1, 0.15) is 0 Å². The van der Waals surface area contributed by atoms with Gasteiger partial charge in [0.2, 0.25) is 5.91 Å². The molecule has 1 fully saturated rings. The monoisotopic (exact) mass is 286 g/mol. The predicted molar refractivity (Wildman–Crippen MR) is 81.7 cm³/mol. The quantitative estimate of drug-likeness (QED) is 0.360. The lowest BCUT2D eigenvalue weighted by molar-refractivity contribution is -0.122. The Morgan fingerprint density at radius 3 is 2.10 bits per heavy atom. The zero-order chi connectivity index (χ0) is 14.5. The van der Waals surface area contributed by atoms with Crippen molar-refractivity contribution in [3.63, 3.8) is 0 Å². The first kappa shape index (κ1) is 17.3. The van der Waals surface area contributed by atoms with E-state index in [1.807, 2.05) is 0 Å². The molecule has 0 aliphatic carbocycles. The van der Waals surface area contributed by atoms with Gasteiger partial charge in [-0.3, -0.25) is 9.69 Å². The Morgan fingerprint density at radius 2 is 1.55 bits per heavy atom. The highest BCUT2D eigenvalue weighted by atomic mass is 16.2. The first-order valence-corrected chi connectivity index (χ1v) is 7.64. The summed E-state index contributed by atoms with van der Waals surface area (Å²) in [5.74, 6) is 0.0900. The number of hydrogen-bond acceptors (Lipinski definition) is 6. The van der Waals surface area contributed by atoms with Crippen molar-refractivity contribution in [2.75, 3.05) is 72.0 Å². The summed E-state index contributed by atoms with van der Waals surface area (Å²) in [6, 6.07) is 0. The summed E-state index contributed by atoms with van der Waals surface area (Å²) in [5.41, 5.74) is 5.41. The molecule has 0 bridgehead atoms. The second-order valence-electron chi connectivity index (χ2n) is 5.02. The van der Waals surface area contributed by atoms with Gasteiger partial charge in [-0.1, -0.05) is 0 Å². The molecule has 0 aromatic carbocycles. The van der Waals surface area contributed by atoms with E-state index < -0.39 is 0 Å². The van der Waals surface area contributed by atoms with Crippen LogP contribution in [-0.4, -0.2) is 82.8 Å². The standard InChI is InChI=1S/C13H30N6O/c14-2-1-3-18-13(20)12-19-10-8-16-6-4-15-5-7-17-9-11-19/h15-17H,1-12,14H2,(H,18,20). The number of nitrogens with one attached hydrogen (secondary N) is 4. The summed E-state index contributed by atoms with van der Waals surface area (Å²) in [5, 5.41) is 13.0.